The van der Waals surface area contributed by atoms with Crippen molar-refractivity contribution in [2.75, 3.05) is 13.7 Å². The molecule has 4 nitrogen and oxygen atoms in total. The van der Waals surface area contributed by atoms with E-state index in [0.29, 0.717) is 6.61 Å². The van der Waals surface area contributed by atoms with Gasteiger partial charge < -0.3 is 9.30 Å². The summed E-state index contributed by atoms with van der Waals surface area (Å²) in [4.78, 5) is 0. The molecule has 0 saturated heterocycles. The molecule has 0 aliphatic heterocycles. The smallest absolute Gasteiger partial charge is 0.143 e. The fourth-order valence-corrected chi connectivity index (χ4v) is 3.14. The van der Waals surface area contributed by atoms with Gasteiger partial charge in [0, 0.05) is 20.1 Å². The molecule has 0 amide bonds. The first-order chi connectivity index (χ1) is 8.85. The molecular formula is C13H22BrN3O. The summed E-state index contributed by atoms with van der Waals surface area (Å²) in [5.74, 6) is 3.03. The molecule has 1 aromatic rings. The van der Waals surface area contributed by atoms with Crippen LogP contribution in [0.5, 0.6) is 0 Å². The molecule has 5 heteroatoms. The van der Waals surface area contributed by atoms with Gasteiger partial charge >= 0.3 is 0 Å². The van der Waals surface area contributed by atoms with E-state index in [1.54, 1.807) is 7.11 Å². The van der Waals surface area contributed by atoms with E-state index in [-0.39, 0.29) is 0 Å². The number of alkyl halides is 1. The van der Waals surface area contributed by atoms with Crippen LogP contribution in [0.4, 0.5) is 0 Å². The fourth-order valence-electron chi connectivity index (χ4n) is 2.73. The van der Waals surface area contributed by atoms with Crippen LogP contribution in [-0.4, -0.2) is 28.5 Å². The molecule has 1 heterocycles. The maximum atomic E-state index is 5.16. The molecule has 0 spiro atoms. The molecular weight excluding hydrogens is 294 g/mol. The van der Waals surface area contributed by atoms with Gasteiger partial charge in [0.05, 0.1) is 11.9 Å². The van der Waals surface area contributed by atoms with Crippen LogP contribution in [0.2, 0.25) is 0 Å². The van der Waals surface area contributed by atoms with E-state index in [0.717, 1.165) is 35.9 Å². The summed E-state index contributed by atoms with van der Waals surface area (Å²) in [6, 6.07) is 0. The van der Waals surface area contributed by atoms with Gasteiger partial charge in [0.2, 0.25) is 0 Å². The summed E-state index contributed by atoms with van der Waals surface area (Å²) in [6.07, 6.45) is 7.93. The number of aromatic nitrogens is 3. The van der Waals surface area contributed by atoms with Crippen molar-refractivity contribution in [1.82, 2.24) is 14.8 Å². The number of rotatable bonds is 7. The lowest BCUT2D eigenvalue weighted by molar-refractivity contribution is 0.185. The third kappa shape index (κ3) is 3.54. The monoisotopic (exact) mass is 315 g/mol. The lowest BCUT2D eigenvalue weighted by Crippen LogP contribution is -2.12. The number of nitrogens with zero attached hydrogens (tertiary/aromatic N) is 3. The Morgan fingerprint density at radius 1 is 1.28 bits per heavy atom. The summed E-state index contributed by atoms with van der Waals surface area (Å²) < 4.78 is 7.36. The van der Waals surface area contributed by atoms with Crippen molar-refractivity contribution in [2.24, 2.45) is 5.92 Å². The molecule has 0 aromatic carbocycles. The molecule has 0 radical (unpaired) electrons. The third-order valence-corrected chi connectivity index (χ3v) is 4.30. The van der Waals surface area contributed by atoms with Crippen LogP contribution in [0.1, 0.15) is 43.8 Å². The largest absolute Gasteiger partial charge is 0.383 e. The predicted molar refractivity (Wildman–Crippen MR) is 74.8 cm³/mol. The molecule has 1 saturated carbocycles. The van der Waals surface area contributed by atoms with E-state index in [4.69, 9.17) is 4.74 Å². The van der Waals surface area contributed by atoms with E-state index in [1.807, 2.05) is 0 Å². The first-order valence-electron chi connectivity index (χ1n) is 6.81. The van der Waals surface area contributed by atoms with Crippen molar-refractivity contribution < 1.29 is 4.74 Å². The van der Waals surface area contributed by atoms with Crippen LogP contribution in [0.3, 0.4) is 0 Å². The average Bonchev–Trinajstić information content (AvgIpc) is 3.03. The maximum Gasteiger partial charge on any atom is 0.143 e. The first-order valence-corrected chi connectivity index (χ1v) is 7.93. The highest BCUT2D eigenvalue weighted by Crippen LogP contribution is 2.28. The van der Waals surface area contributed by atoms with E-state index in [1.165, 1.54) is 32.1 Å². The Balaban J connectivity index is 1.94. The van der Waals surface area contributed by atoms with Gasteiger partial charge in [-0.3, -0.25) is 0 Å². The van der Waals surface area contributed by atoms with E-state index in [9.17, 15) is 0 Å². The topological polar surface area (TPSA) is 39.9 Å². The predicted octanol–water partition coefficient (Wildman–Crippen LogP) is 2.94. The standard InChI is InChI=1S/C13H22BrN3O/c1-18-9-8-17-12(15-16-13(17)10-14)7-6-11-4-2-3-5-11/h11H,2-10H2,1H3. The van der Waals surface area contributed by atoms with Gasteiger partial charge in [-0.15, -0.1) is 10.2 Å². The van der Waals surface area contributed by atoms with Gasteiger partial charge in [0.25, 0.3) is 0 Å². The van der Waals surface area contributed by atoms with Gasteiger partial charge in [0.15, 0.2) is 0 Å². The molecule has 0 N–H and O–H groups in total. The Hall–Kier alpha value is -0.420. The van der Waals surface area contributed by atoms with Crippen molar-refractivity contribution in [3.8, 4) is 0 Å². The molecule has 18 heavy (non-hydrogen) atoms. The minimum Gasteiger partial charge on any atom is -0.383 e. The van der Waals surface area contributed by atoms with Crippen LogP contribution in [0.25, 0.3) is 0 Å². The molecule has 1 aromatic heterocycles. The van der Waals surface area contributed by atoms with Crippen LogP contribution >= 0.6 is 15.9 Å². The molecule has 102 valence electrons. The van der Waals surface area contributed by atoms with Crippen molar-refractivity contribution in [2.45, 2.75) is 50.4 Å². The molecule has 2 rings (SSSR count). The van der Waals surface area contributed by atoms with Crippen LogP contribution < -0.4 is 0 Å². The van der Waals surface area contributed by atoms with Gasteiger partial charge in [-0.05, 0) is 12.3 Å². The number of aryl methyl sites for hydroxylation is 1. The number of ether oxygens (including phenoxy) is 1. The quantitative estimate of drug-likeness (QED) is 0.726. The highest BCUT2D eigenvalue weighted by atomic mass is 79.9. The van der Waals surface area contributed by atoms with Crippen molar-refractivity contribution >= 4 is 15.9 Å². The minimum absolute atomic E-state index is 0.717. The summed E-state index contributed by atoms with van der Waals surface area (Å²) in [7, 11) is 1.73. The Morgan fingerprint density at radius 2 is 2.00 bits per heavy atom. The summed E-state index contributed by atoms with van der Waals surface area (Å²) in [5, 5.41) is 9.33. The SMILES string of the molecule is COCCn1c(CBr)nnc1CCC1CCCC1. The molecule has 0 unspecified atom stereocenters. The molecule has 0 bridgehead atoms. The number of hydrogen-bond donors (Lipinski definition) is 0. The minimum atomic E-state index is 0.717. The maximum absolute atomic E-state index is 5.16. The summed E-state index contributed by atoms with van der Waals surface area (Å²) in [5.41, 5.74) is 0. The zero-order chi connectivity index (χ0) is 12.8. The van der Waals surface area contributed by atoms with Gasteiger partial charge in [-0.1, -0.05) is 41.6 Å². The zero-order valence-electron chi connectivity index (χ0n) is 11.1. The number of hydrogen-bond acceptors (Lipinski definition) is 3. The van der Waals surface area contributed by atoms with Crippen molar-refractivity contribution in [3.05, 3.63) is 11.6 Å². The Kier molecular flexibility index (Phi) is 5.63. The molecule has 1 aliphatic carbocycles. The highest BCUT2D eigenvalue weighted by Gasteiger charge is 2.17. The number of methoxy groups -OCH3 is 1. The Morgan fingerprint density at radius 3 is 2.67 bits per heavy atom. The lowest BCUT2D eigenvalue weighted by Gasteiger charge is -2.11. The van der Waals surface area contributed by atoms with E-state index in [2.05, 4.69) is 30.7 Å². The molecule has 0 atom stereocenters. The fraction of sp³-hybridized carbons (Fsp3) is 0.846. The Bertz CT molecular complexity index is 361. The van der Waals surface area contributed by atoms with Crippen molar-refractivity contribution in [1.29, 1.82) is 0 Å². The van der Waals surface area contributed by atoms with Gasteiger partial charge in [-0.2, -0.15) is 0 Å². The first kappa shape index (κ1) is 14.0. The third-order valence-electron chi connectivity index (χ3n) is 3.79. The van der Waals surface area contributed by atoms with Crippen LogP contribution in [-0.2, 0) is 23.0 Å². The summed E-state index contributed by atoms with van der Waals surface area (Å²) >= 11 is 3.47. The van der Waals surface area contributed by atoms with Crippen LogP contribution in [0, 0.1) is 5.92 Å². The second-order valence-electron chi connectivity index (χ2n) is 5.00. The summed E-state index contributed by atoms with van der Waals surface area (Å²) in [6.45, 7) is 1.57. The zero-order valence-corrected chi connectivity index (χ0v) is 12.7. The van der Waals surface area contributed by atoms with Gasteiger partial charge in [-0.25, -0.2) is 0 Å². The average molecular weight is 316 g/mol. The second-order valence-corrected chi connectivity index (χ2v) is 5.56. The number of halogens is 1. The van der Waals surface area contributed by atoms with Crippen molar-refractivity contribution in [3.63, 3.8) is 0 Å². The van der Waals surface area contributed by atoms with E-state index < -0.39 is 0 Å². The van der Waals surface area contributed by atoms with E-state index >= 15 is 0 Å². The van der Waals surface area contributed by atoms with Crippen LogP contribution in [0.15, 0.2) is 0 Å². The van der Waals surface area contributed by atoms with Gasteiger partial charge in [0.1, 0.15) is 11.6 Å². The normalized spacial score (nSPS) is 16.6. The Labute approximate surface area is 117 Å². The highest BCUT2D eigenvalue weighted by molar-refractivity contribution is 9.08. The second kappa shape index (κ2) is 7.24. The molecule has 1 fully saturated rings. The lowest BCUT2D eigenvalue weighted by atomic mass is 10.0. The molecule has 1 aliphatic rings.